The van der Waals surface area contributed by atoms with Crippen LogP contribution in [0.5, 0.6) is 0 Å². The van der Waals surface area contributed by atoms with Crippen LogP contribution in [-0.4, -0.2) is 0 Å². The fourth-order valence-electron chi connectivity index (χ4n) is 8.22. The summed E-state index contributed by atoms with van der Waals surface area (Å²) in [5, 5.41) is 2.68. The van der Waals surface area contributed by atoms with Crippen LogP contribution >= 0.6 is 0 Å². The molecule has 222 valence electrons. The third-order valence-electron chi connectivity index (χ3n) is 10.2. The van der Waals surface area contributed by atoms with E-state index in [-0.39, 0.29) is 5.41 Å². The highest BCUT2D eigenvalue weighted by molar-refractivity contribution is 6.23. The maximum absolute atomic E-state index is 2.53. The summed E-state index contributed by atoms with van der Waals surface area (Å²) in [6.45, 7) is 4.66. The lowest BCUT2D eigenvalue weighted by atomic mass is 9.56. The summed E-state index contributed by atoms with van der Waals surface area (Å²) in [7, 11) is 0. The summed E-state index contributed by atoms with van der Waals surface area (Å²) in [5.74, 6) is 0. The monoisotopic (exact) mass is 590 g/mol. The molecular formula is C46H38. The van der Waals surface area contributed by atoms with E-state index in [1.54, 1.807) is 0 Å². The molecule has 0 aliphatic heterocycles. The predicted molar refractivity (Wildman–Crippen MR) is 195 cm³/mol. The van der Waals surface area contributed by atoms with Crippen molar-refractivity contribution in [2.24, 2.45) is 0 Å². The molecule has 0 radical (unpaired) electrons. The number of fused-ring (bicyclic) bond motifs is 2. The fraction of sp³-hybridized carbons (Fsp3) is 0.130. The van der Waals surface area contributed by atoms with Gasteiger partial charge in [-0.2, -0.15) is 0 Å². The van der Waals surface area contributed by atoms with Gasteiger partial charge in [0, 0.05) is 5.41 Å². The van der Waals surface area contributed by atoms with Crippen LogP contribution in [0.1, 0.15) is 48.9 Å². The smallest absolute Gasteiger partial charge is 0.0470 e. The number of aryl methyl sites for hydroxylation is 1. The number of allylic oxidation sites excluding steroid dienone is 8. The molecule has 5 aromatic rings. The minimum atomic E-state index is -0.358. The van der Waals surface area contributed by atoms with Crippen molar-refractivity contribution in [2.45, 2.75) is 38.5 Å². The molecule has 46 heavy (non-hydrogen) atoms. The van der Waals surface area contributed by atoms with Crippen LogP contribution in [0.15, 0.2) is 168 Å². The SMILES string of the molecule is CCc1cc(-c2ccccc2)c2c(c1)=CC1=C(C3=CC=CC3)C(CC)(c3ccccc3)C(c3ccccc3)=C(c3ccccc3)C=21. The molecule has 1 unspecified atom stereocenters. The Labute approximate surface area is 272 Å². The van der Waals surface area contributed by atoms with Gasteiger partial charge in [0.1, 0.15) is 0 Å². The molecule has 5 aromatic carbocycles. The van der Waals surface area contributed by atoms with Crippen LogP contribution in [0, 0.1) is 0 Å². The number of hydrogen-bond acceptors (Lipinski definition) is 0. The Balaban J connectivity index is 1.66. The second-order valence-corrected chi connectivity index (χ2v) is 12.6. The van der Waals surface area contributed by atoms with Gasteiger partial charge >= 0.3 is 0 Å². The maximum Gasteiger partial charge on any atom is 0.0470 e. The summed E-state index contributed by atoms with van der Waals surface area (Å²) < 4.78 is 0. The third-order valence-corrected chi connectivity index (χ3v) is 10.2. The zero-order valence-corrected chi connectivity index (χ0v) is 26.6. The van der Waals surface area contributed by atoms with Gasteiger partial charge in [0.25, 0.3) is 0 Å². The first-order chi connectivity index (χ1) is 22.7. The van der Waals surface area contributed by atoms with E-state index in [4.69, 9.17) is 0 Å². The van der Waals surface area contributed by atoms with Gasteiger partial charge in [-0.25, -0.2) is 0 Å². The Morgan fingerprint density at radius 2 is 1.22 bits per heavy atom. The molecule has 3 aliphatic carbocycles. The molecule has 0 N–H and O–H groups in total. The van der Waals surface area contributed by atoms with Crippen LogP contribution < -0.4 is 10.4 Å². The second kappa shape index (κ2) is 11.6. The van der Waals surface area contributed by atoms with Gasteiger partial charge in [-0.05, 0) is 103 Å². The first-order valence-electron chi connectivity index (χ1n) is 16.7. The zero-order chi connectivity index (χ0) is 31.1. The Hall–Kier alpha value is -5.20. The number of rotatable bonds is 7. The highest BCUT2D eigenvalue weighted by Gasteiger charge is 2.48. The van der Waals surface area contributed by atoms with Crippen molar-refractivity contribution in [3.8, 4) is 11.1 Å². The Morgan fingerprint density at radius 1 is 0.609 bits per heavy atom. The molecule has 0 fully saturated rings. The minimum absolute atomic E-state index is 0.358. The van der Waals surface area contributed by atoms with E-state index in [0.29, 0.717) is 0 Å². The molecule has 1 atom stereocenters. The van der Waals surface area contributed by atoms with Crippen molar-refractivity contribution in [1.82, 2.24) is 0 Å². The fourth-order valence-corrected chi connectivity index (χ4v) is 8.22. The van der Waals surface area contributed by atoms with Gasteiger partial charge in [0.15, 0.2) is 0 Å². The molecule has 0 saturated carbocycles. The zero-order valence-electron chi connectivity index (χ0n) is 26.6. The molecule has 0 heterocycles. The second-order valence-electron chi connectivity index (χ2n) is 12.6. The number of benzene rings is 5. The summed E-state index contributed by atoms with van der Waals surface area (Å²) in [5.41, 5.74) is 15.8. The van der Waals surface area contributed by atoms with Crippen LogP contribution in [0.2, 0.25) is 0 Å². The third kappa shape index (κ3) is 4.36. The number of hydrogen-bond donors (Lipinski definition) is 0. The normalized spacial score (nSPS) is 18.4. The van der Waals surface area contributed by atoms with E-state index >= 15 is 0 Å². The highest BCUT2D eigenvalue weighted by Crippen LogP contribution is 2.60. The Bertz CT molecular complexity index is 2190. The molecule has 0 heteroatoms. The van der Waals surface area contributed by atoms with Gasteiger partial charge < -0.3 is 0 Å². The van der Waals surface area contributed by atoms with E-state index < -0.39 is 0 Å². The summed E-state index contributed by atoms with van der Waals surface area (Å²) in [6, 6.07) is 49.5. The average Bonchev–Trinajstić information content (AvgIpc) is 3.80. The molecule has 3 aliphatic rings. The Kier molecular flexibility index (Phi) is 7.15. The van der Waals surface area contributed by atoms with Gasteiger partial charge in [-0.15, -0.1) is 0 Å². The lowest BCUT2D eigenvalue weighted by Gasteiger charge is -2.46. The van der Waals surface area contributed by atoms with Crippen LogP contribution in [0.25, 0.3) is 33.9 Å². The van der Waals surface area contributed by atoms with Crippen LogP contribution in [0.3, 0.4) is 0 Å². The van der Waals surface area contributed by atoms with E-state index in [1.165, 1.54) is 77.3 Å². The van der Waals surface area contributed by atoms with Crippen molar-refractivity contribution in [1.29, 1.82) is 0 Å². The molecule has 0 bridgehead atoms. The van der Waals surface area contributed by atoms with Gasteiger partial charge in [0.05, 0.1) is 0 Å². The first kappa shape index (κ1) is 28.3. The highest BCUT2D eigenvalue weighted by atomic mass is 14.5. The predicted octanol–water partition coefficient (Wildman–Crippen LogP) is 10.0. The lowest BCUT2D eigenvalue weighted by Crippen LogP contribution is -2.36. The topological polar surface area (TPSA) is 0 Å². The van der Waals surface area contributed by atoms with Crippen molar-refractivity contribution in [3.05, 3.63) is 201 Å². The van der Waals surface area contributed by atoms with Crippen molar-refractivity contribution >= 4 is 22.8 Å². The quantitative estimate of drug-likeness (QED) is 0.177. The van der Waals surface area contributed by atoms with Crippen LogP contribution in [-0.2, 0) is 11.8 Å². The molecular weight excluding hydrogens is 553 g/mol. The molecule has 0 amide bonds. The molecule has 0 nitrogen and oxygen atoms in total. The standard InChI is InChI=1S/C46H38/c1-3-32-29-37-31-40-43(41(37)39(30-32)33-19-9-5-10-20-33)42(34-21-11-6-12-22-34)45(36-23-13-7-14-24-36)46(4-2,38-27-15-8-16-28-38)44(40)35-25-17-18-26-35/h5-25,27-31H,3-4,26H2,1-2H3. The van der Waals surface area contributed by atoms with Gasteiger partial charge in [-0.3, -0.25) is 0 Å². The van der Waals surface area contributed by atoms with Crippen molar-refractivity contribution in [2.75, 3.05) is 0 Å². The summed E-state index contributed by atoms with van der Waals surface area (Å²) >= 11 is 0. The summed E-state index contributed by atoms with van der Waals surface area (Å²) in [6.07, 6.45) is 12.4. The van der Waals surface area contributed by atoms with Crippen molar-refractivity contribution in [3.63, 3.8) is 0 Å². The average molecular weight is 591 g/mol. The molecule has 0 spiro atoms. The van der Waals surface area contributed by atoms with Gasteiger partial charge in [0.2, 0.25) is 0 Å². The van der Waals surface area contributed by atoms with E-state index in [1.807, 2.05) is 0 Å². The molecule has 0 aromatic heterocycles. The lowest BCUT2D eigenvalue weighted by molar-refractivity contribution is 0.622. The molecule has 0 saturated heterocycles. The molecule has 8 rings (SSSR count). The summed E-state index contributed by atoms with van der Waals surface area (Å²) in [4.78, 5) is 0. The van der Waals surface area contributed by atoms with E-state index in [9.17, 15) is 0 Å². The van der Waals surface area contributed by atoms with Crippen LogP contribution in [0.4, 0.5) is 0 Å². The first-order valence-corrected chi connectivity index (χ1v) is 16.7. The van der Waals surface area contributed by atoms with E-state index in [2.05, 4.69) is 172 Å². The Morgan fingerprint density at radius 3 is 1.80 bits per heavy atom. The maximum atomic E-state index is 2.53. The largest absolute Gasteiger partial charge is 0.0801 e. The van der Waals surface area contributed by atoms with E-state index in [0.717, 1.165) is 19.3 Å². The van der Waals surface area contributed by atoms with Gasteiger partial charge in [-0.1, -0.05) is 166 Å². The minimum Gasteiger partial charge on any atom is -0.0801 e. The van der Waals surface area contributed by atoms with Crippen molar-refractivity contribution < 1.29 is 0 Å².